The second-order valence-electron chi connectivity index (χ2n) is 1.17. The Morgan fingerprint density at radius 2 is 1.62 bits per heavy atom. The molecule has 0 bridgehead atoms. The van der Waals surface area contributed by atoms with E-state index in [4.69, 9.17) is 15.8 Å². The van der Waals surface area contributed by atoms with Gasteiger partial charge in [0, 0.05) is 0 Å². The van der Waals surface area contributed by atoms with Crippen LogP contribution in [0.25, 0.3) is 0 Å². The Morgan fingerprint density at radius 1 is 1.12 bits per heavy atom. The molecule has 0 heterocycles. The number of rotatable bonds is 1. The predicted octanol–water partition coefficient (Wildman–Crippen LogP) is 0.563. The van der Waals surface area contributed by atoms with Crippen molar-refractivity contribution < 1.29 is 0 Å². The van der Waals surface area contributed by atoms with Gasteiger partial charge in [-0.15, -0.1) is 0 Å². The fourth-order valence-electron chi connectivity index (χ4n) is 0.211. The summed E-state index contributed by atoms with van der Waals surface area (Å²) in [5.74, 6) is -0.750. The lowest BCUT2D eigenvalue weighted by molar-refractivity contribution is 0.873. The third kappa shape index (κ3) is 1.80. The van der Waals surface area contributed by atoms with Gasteiger partial charge in [-0.1, -0.05) is 0 Å². The van der Waals surface area contributed by atoms with Crippen LogP contribution in [0.5, 0.6) is 0 Å². The van der Waals surface area contributed by atoms with Gasteiger partial charge in [0.1, 0.15) is 5.92 Å². The topological polar surface area (TPSA) is 71.4 Å². The summed E-state index contributed by atoms with van der Waals surface area (Å²) < 4.78 is 0. The first kappa shape index (κ1) is 6.47. The molecule has 0 amide bonds. The molecule has 0 unspecified atom stereocenters. The first-order valence-electron chi connectivity index (χ1n) is 2.01. The van der Waals surface area contributed by atoms with E-state index in [0.29, 0.717) is 0 Å². The van der Waals surface area contributed by atoms with E-state index in [1.54, 1.807) is 18.2 Å². The van der Waals surface area contributed by atoms with Crippen molar-refractivity contribution in [2.75, 3.05) is 0 Å². The lowest BCUT2D eigenvalue weighted by atomic mass is 10.1. The molecule has 0 N–H and O–H groups in total. The summed E-state index contributed by atoms with van der Waals surface area (Å²) in [4.78, 5) is 0. The van der Waals surface area contributed by atoms with Crippen LogP contribution in [0.1, 0.15) is 6.42 Å². The fourth-order valence-corrected chi connectivity index (χ4v) is 0.211. The minimum Gasteiger partial charge on any atom is -0.198 e. The fraction of sp³-hybridized carbons (Fsp3) is 0.400. The van der Waals surface area contributed by atoms with Crippen LogP contribution in [0.15, 0.2) is 0 Å². The molecule has 3 heteroatoms. The molecule has 0 aliphatic rings. The minimum absolute atomic E-state index is 0.00694. The molecule has 0 rings (SSSR count). The number of hydrogen-bond acceptors (Lipinski definition) is 3. The maximum absolute atomic E-state index is 8.03. The van der Waals surface area contributed by atoms with Gasteiger partial charge in [0.2, 0.25) is 0 Å². The highest BCUT2D eigenvalue weighted by Gasteiger charge is 2.00. The van der Waals surface area contributed by atoms with Crippen LogP contribution in [0.4, 0.5) is 0 Å². The average molecular weight is 105 g/mol. The Morgan fingerprint density at radius 3 is 1.75 bits per heavy atom. The third-order valence-electron chi connectivity index (χ3n) is 0.607. The highest BCUT2D eigenvalue weighted by Crippen LogP contribution is 1.95. The van der Waals surface area contributed by atoms with E-state index in [9.17, 15) is 0 Å². The van der Waals surface area contributed by atoms with Crippen molar-refractivity contribution >= 4 is 0 Å². The molecule has 0 spiro atoms. The largest absolute Gasteiger partial charge is 0.198 e. The summed E-state index contributed by atoms with van der Waals surface area (Å²) in [6, 6.07) is 5.06. The Kier molecular flexibility index (Phi) is 2.95. The Hall–Kier alpha value is -1.53. The summed E-state index contributed by atoms with van der Waals surface area (Å²) in [5, 5.41) is 24.0. The molecule has 0 saturated heterocycles. The van der Waals surface area contributed by atoms with Crippen molar-refractivity contribution in [2.24, 2.45) is 5.92 Å². The first-order valence-corrected chi connectivity index (χ1v) is 2.01. The van der Waals surface area contributed by atoms with Crippen molar-refractivity contribution in [3.05, 3.63) is 0 Å². The van der Waals surface area contributed by atoms with Gasteiger partial charge in [-0.05, 0) is 0 Å². The van der Waals surface area contributed by atoms with Gasteiger partial charge in [0.15, 0.2) is 0 Å². The molecular formula is C5H3N3. The highest BCUT2D eigenvalue weighted by atomic mass is 14.3. The minimum atomic E-state index is -0.750. The van der Waals surface area contributed by atoms with Crippen molar-refractivity contribution in [1.29, 1.82) is 15.8 Å². The molecule has 0 aromatic carbocycles. The first-order chi connectivity index (χ1) is 3.85. The molecule has 0 atom stereocenters. The van der Waals surface area contributed by atoms with Crippen LogP contribution in [-0.2, 0) is 0 Å². The van der Waals surface area contributed by atoms with E-state index in [2.05, 4.69) is 0 Å². The predicted molar refractivity (Wildman–Crippen MR) is 24.9 cm³/mol. The van der Waals surface area contributed by atoms with E-state index in [0.717, 1.165) is 0 Å². The van der Waals surface area contributed by atoms with Crippen molar-refractivity contribution in [2.45, 2.75) is 6.42 Å². The molecule has 0 aliphatic carbocycles. The van der Waals surface area contributed by atoms with Gasteiger partial charge < -0.3 is 0 Å². The van der Waals surface area contributed by atoms with Crippen LogP contribution >= 0.6 is 0 Å². The highest BCUT2D eigenvalue weighted by molar-refractivity contribution is 5.02. The second-order valence-corrected chi connectivity index (χ2v) is 1.17. The van der Waals surface area contributed by atoms with Crippen LogP contribution in [-0.4, -0.2) is 0 Å². The van der Waals surface area contributed by atoms with Crippen molar-refractivity contribution in [1.82, 2.24) is 0 Å². The van der Waals surface area contributed by atoms with Gasteiger partial charge in [-0.2, -0.15) is 15.8 Å². The van der Waals surface area contributed by atoms with Gasteiger partial charge in [0.05, 0.1) is 24.6 Å². The quantitative estimate of drug-likeness (QED) is 0.489. The Labute approximate surface area is 47.4 Å². The van der Waals surface area contributed by atoms with Crippen LogP contribution in [0.2, 0.25) is 0 Å². The van der Waals surface area contributed by atoms with E-state index in [1.807, 2.05) is 0 Å². The molecule has 38 valence electrons. The monoisotopic (exact) mass is 105 g/mol. The van der Waals surface area contributed by atoms with E-state index < -0.39 is 5.92 Å². The Balaban J connectivity index is 3.68. The summed E-state index contributed by atoms with van der Waals surface area (Å²) in [6.45, 7) is 0. The zero-order valence-corrected chi connectivity index (χ0v) is 4.13. The normalized spacial score (nSPS) is 6.75. The van der Waals surface area contributed by atoms with Crippen LogP contribution in [0.3, 0.4) is 0 Å². The number of nitriles is 3. The SMILES string of the molecule is N#CCC(C#N)C#N. The van der Waals surface area contributed by atoms with E-state index in [-0.39, 0.29) is 6.42 Å². The van der Waals surface area contributed by atoms with Crippen molar-refractivity contribution in [3.8, 4) is 18.2 Å². The molecule has 0 radical (unpaired) electrons. The maximum Gasteiger partial charge on any atom is 0.146 e. The molecule has 0 aromatic rings. The summed E-state index contributed by atoms with van der Waals surface area (Å²) in [6.07, 6.45) is 0.00694. The summed E-state index contributed by atoms with van der Waals surface area (Å²) in [5.41, 5.74) is 0. The summed E-state index contributed by atoms with van der Waals surface area (Å²) in [7, 11) is 0. The van der Waals surface area contributed by atoms with Gasteiger partial charge >= 0.3 is 0 Å². The number of nitrogens with zero attached hydrogens (tertiary/aromatic N) is 3. The van der Waals surface area contributed by atoms with Gasteiger partial charge in [-0.25, -0.2) is 0 Å². The third-order valence-corrected chi connectivity index (χ3v) is 0.607. The maximum atomic E-state index is 8.03. The lowest BCUT2D eigenvalue weighted by Gasteiger charge is -1.81. The second kappa shape index (κ2) is 3.65. The Bertz CT molecular complexity index is 161. The van der Waals surface area contributed by atoms with Crippen LogP contribution in [0, 0.1) is 39.9 Å². The molecule has 0 aromatic heterocycles. The standard InChI is InChI=1S/C5H3N3/c6-2-1-5(3-7)4-8/h5H,1H2. The smallest absolute Gasteiger partial charge is 0.146 e. The van der Waals surface area contributed by atoms with E-state index >= 15 is 0 Å². The van der Waals surface area contributed by atoms with Gasteiger partial charge in [-0.3, -0.25) is 0 Å². The zero-order chi connectivity index (χ0) is 6.41. The van der Waals surface area contributed by atoms with E-state index in [1.165, 1.54) is 0 Å². The van der Waals surface area contributed by atoms with Crippen molar-refractivity contribution in [3.63, 3.8) is 0 Å². The molecular weight excluding hydrogens is 102 g/mol. The molecule has 0 aliphatic heterocycles. The molecule has 3 nitrogen and oxygen atoms in total. The number of hydrogen-bond donors (Lipinski definition) is 0. The lowest BCUT2D eigenvalue weighted by Crippen LogP contribution is -1.87. The zero-order valence-electron chi connectivity index (χ0n) is 4.13. The molecule has 8 heavy (non-hydrogen) atoms. The summed E-state index contributed by atoms with van der Waals surface area (Å²) >= 11 is 0. The average Bonchev–Trinajstić information content (AvgIpc) is 1.83. The molecule has 0 saturated carbocycles. The van der Waals surface area contributed by atoms with Crippen LogP contribution < -0.4 is 0 Å². The molecule has 0 fully saturated rings. The van der Waals surface area contributed by atoms with Gasteiger partial charge in [0.25, 0.3) is 0 Å².